The normalized spacial score (nSPS) is 18.8. The van der Waals surface area contributed by atoms with Crippen molar-refractivity contribution in [2.75, 3.05) is 38.2 Å². The molecule has 0 atom stereocenters. The number of nitrogens with one attached hydrogen (secondary N) is 1. The number of non-ortho nitro benzene ring substituents is 1. The number of piperidine rings is 1. The van der Waals surface area contributed by atoms with Crippen molar-refractivity contribution in [2.24, 2.45) is 5.92 Å². The quantitative estimate of drug-likeness (QED) is 0.454. The number of carbonyl (C=O) groups is 1. The minimum absolute atomic E-state index is 0.0718. The number of hydrogen-bond acceptors (Lipinski definition) is 6. The van der Waals surface area contributed by atoms with Crippen molar-refractivity contribution in [3.8, 4) is 0 Å². The molecule has 2 saturated heterocycles. The number of ether oxygens (including phenoxy) is 2. The molecular weight excluding hydrogens is 338 g/mol. The Morgan fingerprint density at radius 3 is 2.46 bits per heavy atom. The molecule has 0 bridgehead atoms. The average Bonchev–Trinajstić information content (AvgIpc) is 3.20. The fourth-order valence-corrected chi connectivity index (χ4v) is 3.40. The first-order valence-corrected chi connectivity index (χ1v) is 9.13. The molecule has 1 N–H and O–H groups in total. The van der Waals surface area contributed by atoms with Crippen molar-refractivity contribution in [1.29, 1.82) is 0 Å². The lowest BCUT2D eigenvalue weighted by Gasteiger charge is -2.34. The van der Waals surface area contributed by atoms with Crippen LogP contribution in [0, 0.1) is 16.0 Å². The highest BCUT2D eigenvalue weighted by Gasteiger charge is 2.31. The van der Waals surface area contributed by atoms with Gasteiger partial charge in [0, 0.05) is 49.8 Å². The molecule has 2 heterocycles. The summed E-state index contributed by atoms with van der Waals surface area (Å²) in [6.45, 7) is 3.53. The van der Waals surface area contributed by atoms with Crippen LogP contribution in [-0.2, 0) is 14.3 Å². The van der Waals surface area contributed by atoms with Gasteiger partial charge in [0.2, 0.25) is 5.91 Å². The number of benzene rings is 1. The smallest absolute Gasteiger partial charge is 0.269 e. The zero-order valence-corrected chi connectivity index (χ0v) is 14.8. The number of anilines is 1. The summed E-state index contributed by atoms with van der Waals surface area (Å²) in [5.41, 5.74) is 0.892. The van der Waals surface area contributed by atoms with Gasteiger partial charge in [0.1, 0.15) is 0 Å². The largest absolute Gasteiger partial charge is 0.385 e. The molecule has 142 valence electrons. The number of nitro benzene ring substituents is 1. The molecule has 0 aromatic heterocycles. The summed E-state index contributed by atoms with van der Waals surface area (Å²) in [6, 6.07) is 6.29. The van der Waals surface area contributed by atoms with Gasteiger partial charge in [0.25, 0.3) is 5.69 Å². The van der Waals surface area contributed by atoms with E-state index in [0.717, 1.165) is 38.0 Å². The van der Waals surface area contributed by atoms with Crippen LogP contribution in [0.3, 0.4) is 0 Å². The maximum atomic E-state index is 12.3. The third-order valence-corrected chi connectivity index (χ3v) is 4.90. The van der Waals surface area contributed by atoms with Crippen LogP contribution in [0.2, 0.25) is 0 Å². The maximum absolute atomic E-state index is 12.3. The predicted octanol–water partition coefficient (Wildman–Crippen LogP) is 2.40. The van der Waals surface area contributed by atoms with Crippen LogP contribution in [0.15, 0.2) is 24.3 Å². The third-order valence-electron chi connectivity index (χ3n) is 4.90. The molecule has 0 spiro atoms. The van der Waals surface area contributed by atoms with Crippen LogP contribution in [0.4, 0.5) is 11.4 Å². The van der Waals surface area contributed by atoms with E-state index in [1.54, 1.807) is 12.1 Å². The lowest BCUT2D eigenvalue weighted by atomic mass is 9.96. The minimum atomic E-state index is -0.420. The first kappa shape index (κ1) is 18.6. The van der Waals surface area contributed by atoms with Gasteiger partial charge in [0.05, 0.1) is 18.1 Å². The number of nitro groups is 1. The van der Waals surface area contributed by atoms with Gasteiger partial charge in [-0.1, -0.05) is 0 Å². The van der Waals surface area contributed by atoms with Crippen molar-refractivity contribution in [3.05, 3.63) is 34.4 Å². The molecule has 1 aromatic rings. The van der Waals surface area contributed by atoms with Gasteiger partial charge in [-0.15, -0.1) is 0 Å². The highest BCUT2D eigenvalue weighted by atomic mass is 16.7. The molecule has 0 radical (unpaired) electrons. The van der Waals surface area contributed by atoms with E-state index < -0.39 is 4.92 Å². The molecule has 2 aliphatic rings. The van der Waals surface area contributed by atoms with Crippen LogP contribution in [0.25, 0.3) is 0 Å². The highest BCUT2D eigenvalue weighted by Crippen LogP contribution is 2.26. The molecular formula is C18H25N3O5. The van der Waals surface area contributed by atoms with Crippen LogP contribution in [0.5, 0.6) is 0 Å². The molecule has 1 aromatic carbocycles. The minimum Gasteiger partial charge on any atom is -0.385 e. The maximum Gasteiger partial charge on any atom is 0.269 e. The highest BCUT2D eigenvalue weighted by molar-refractivity contribution is 5.76. The second-order valence-electron chi connectivity index (χ2n) is 6.66. The lowest BCUT2D eigenvalue weighted by molar-refractivity contribution is -0.384. The zero-order valence-electron chi connectivity index (χ0n) is 14.8. The summed E-state index contributed by atoms with van der Waals surface area (Å²) >= 11 is 0. The number of carbonyl (C=O) groups excluding carboxylic acids is 1. The third kappa shape index (κ3) is 4.92. The average molecular weight is 363 g/mol. The topological polar surface area (TPSA) is 93.9 Å². The van der Waals surface area contributed by atoms with E-state index in [1.807, 2.05) is 4.90 Å². The van der Waals surface area contributed by atoms with Gasteiger partial charge in [0.15, 0.2) is 6.29 Å². The first-order valence-electron chi connectivity index (χ1n) is 9.13. The number of nitrogens with zero attached hydrogens (tertiary/aromatic N) is 2. The van der Waals surface area contributed by atoms with Crippen molar-refractivity contribution in [1.82, 2.24) is 4.90 Å². The van der Waals surface area contributed by atoms with Crippen molar-refractivity contribution in [2.45, 2.75) is 32.0 Å². The summed E-state index contributed by atoms with van der Waals surface area (Å²) in [4.78, 5) is 24.4. The molecule has 8 heteroatoms. The summed E-state index contributed by atoms with van der Waals surface area (Å²) < 4.78 is 11.1. The Morgan fingerprint density at radius 1 is 1.19 bits per heavy atom. The van der Waals surface area contributed by atoms with E-state index in [9.17, 15) is 14.9 Å². The Kier molecular flexibility index (Phi) is 6.40. The number of hydrogen-bond donors (Lipinski definition) is 1. The molecule has 2 aliphatic heterocycles. The van der Waals surface area contributed by atoms with Crippen LogP contribution >= 0.6 is 0 Å². The molecule has 0 unspecified atom stereocenters. The van der Waals surface area contributed by atoms with E-state index >= 15 is 0 Å². The molecule has 8 nitrogen and oxygen atoms in total. The second kappa shape index (κ2) is 8.95. The van der Waals surface area contributed by atoms with E-state index in [0.29, 0.717) is 32.1 Å². The SMILES string of the molecule is O=C(CCCNc1ccc([N+](=O)[O-])cc1)N1CCC(C2OCCO2)CC1. The fourth-order valence-electron chi connectivity index (χ4n) is 3.40. The van der Waals surface area contributed by atoms with Crippen molar-refractivity contribution >= 4 is 17.3 Å². The molecule has 0 saturated carbocycles. The van der Waals surface area contributed by atoms with Gasteiger partial charge >= 0.3 is 0 Å². The summed E-state index contributed by atoms with van der Waals surface area (Å²) in [5.74, 6) is 0.576. The number of rotatable bonds is 7. The van der Waals surface area contributed by atoms with E-state index in [1.165, 1.54) is 12.1 Å². The number of likely N-dealkylation sites (tertiary alicyclic amines) is 1. The Hall–Kier alpha value is -2.19. The van der Waals surface area contributed by atoms with Crippen LogP contribution < -0.4 is 5.32 Å². The van der Waals surface area contributed by atoms with E-state index in [2.05, 4.69) is 5.32 Å². The Labute approximate surface area is 152 Å². The van der Waals surface area contributed by atoms with Gasteiger partial charge in [-0.25, -0.2) is 0 Å². The Morgan fingerprint density at radius 2 is 1.85 bits per heavy atom. The van der Waals surface area contributed by atoms with Gasteiger partial charge in [-0.2, -0.15) is 0 Å². The van der Waals surface area contributed by atoms with Crippen LogP contribution in [-0.4, -0.2) is 54.9 Å². The zero-order chi connectivity index (χ0) is 18.4. The van der Waals surface area contributed by atoms with E-state index in [4.69, 9.17) is 9.47 Å². The lowest BCUT2D eigenvalue weighted by Crippen LogP contribution is -2.41. The fraction of sp³-hybridized carbons (Fsp3) is 0.611. The van der Waals surface area contributed by atoms with Gasteiger partial charge in [-0.3, -0.25) is 14.9 Å². The molecule has 3 rings (SSSR count). The van der Waals surface area contributed by atoms with E-state index in [-0.39, 0.29) is 17.9 Å². The summed E-state index contributed by atoms with van der Waals surface area (Å²) in [6.07, 6.45) is 3.00. The standard InChI is InChI=1S/C18H25N3O5/c22-17(20-10-7-14(8-11-20)18-25-12-13-26-18)2-1-9-19-15-3-5-16(6-4-15)21(23)24/h3-6,14,18-19H,1-2,7-13H2. The second-order valence-corrected chi connectivity index (χ2v) is 6.66. The van der Waals surface area contributed by atoms with Gasteiger partial charge in [-0.05, 0) is 31.4 Å². The number of amides is 1. The van der Waals surface area contributed by atoms with Crippen molar-refractivity contribution < 1.29 is 19.2 Å². The molecule has 2 fully saturated rings. The molecule has 1 amide bonds. The predicted molar refractivity (Wildman–Crippen MR) is 95.8 cm³/mol. The summed E-state index contributed by atoms with van der Waals surface area (Å²) in [5, 5.41) is 13.8. The molecule has 26 heavy (non-hydrogen) atoms. The van der Waals surface area contributed by atoms with Crippen molar-refractivity contribution in [3.63, 3.8) is 0 Å². The Balaban J connectivity index is 1.32. The Bertz CT molecular complexity index is 608. The molecule has 0 aliphatic carbocycles. The monoisotopic (exact) mass is 363 g/mol. The van der Waals surface area contributed by atoms with Crippen LogP contribution in [0.1, 0.15) is 25.7 Å². The first-order chi connectivity index (χ1) is 12.6. The van der Waals surface area contributed by atoms with Gasteiger partial charge < -0.3 is 19.7 Å². The summed E-state index contributed by atoms with van der Waals surface area (Å²) in [7, 11) is 0.